The Morgan fingerprint density at radius 2 is 2.20 bits per heavy atom. The second kappa shape index (κ2) is 7.23. The van der Waals surface area contributed by atoms with Crippen molar-refractivity contribution in [1.29, 1.82) is 0 Å². The van der Waals surface area contributed by atoms with Crippen molar-refractivity contribution in [3.05, 3.63) is 34.3 Å². The summed E-state index contributed by atoms with van der Waals surface area (Å²) in [6.07, 6.45) is 4.39. The monoisotopic (exact) mass is 338 g/mol. The van der Waals surface area contributed by atoms with Crippen LogP contribution in [0.5, 0.6) is 0 Å². The summed E-state index contributed by atoms with van der Waals surface area (Å²) in [7, 11) is 0. The molecule has 0 radical (unpaired) electrons. The van der Waals surface area contributed by atoms with Crippen LogP contribution in [0.2, 0.25) is 0 Å². The molecule has 1 aromatic carbocycles. The molecule has 2 unspecified atom stereocenters. The lowest BCUT2D eigenvalue weighted by Crippen LogP contribution is -2.40. The Bertz CT molecular complexity index is 464. The first-order chi connectivity index (χ1) is 9.61. The van der Waals surface area contributed by atoms with E-state index in [1.54, 1.807) is 0 Å². The van der Waals surface area contributed by atoms with Crippen molar-refractivity contribution in [3.63, 3.8) is 0 Å². The van der Waals surface area contributed by atoms with Gasteiger partial charge < -0.3 is 11.1 Å². The molecule has 0 aliphatic heterocycles. The van der Waals surface area contributed by atoms with Crippen LogP contribution in [-0.4, -0.2) is 12.5 Å². The van der Waals surface area contributed by atoms with Crippen LogP contribution in [0.25, 0.3) is 0 Å². The minimum atomic E-state index is 0.0281. The zero-order valence-corrected chi connectivity index (χ0v) is 13.5. The number of benzene rings is 1. The maximum atomic E-state index is 12.5. The number of nitrogens with two attached hydrogens (primary N) is 1. The van der Waals surface area contributed by atoms with Crippen molar-refractivity contribution < 1.29 is 4.79 Å². The number of carbonyl (C=O) groups excluding carboxylic acids is 1. The van der Waals surface area contributed by atoms with Crippen LogP contribution in [0, 0.1) is 11.8 Å². The van der Waals surface area contributed by atoms with E-state index in [1.165, 1.54) is 6.42 Å². The molecule has 0 bridgehead atoms. The summed E-state index contributed by atoms with van der Waals surface area (Å²) in [5, 5.41) is 3.14. The SMILES string of the molecule is C[C@H](NC(=O)C1CCCCC1CN)c1cccc(Br)c1. The average molecular weight is 339 g/mol. The molecule has 3 atom stereocenters. The van der Waals surface area contributed by atoms with E-state index in [4.69, 9.17) is 5.73 Å². The van der Waals surface area contributed by atoms with Gasteiger partial charge in [-0.25, -0.2) is 0 Å². The molecule has 0 saturated heterocycles. The summed E-state index contributed by atoms with van der Waals surface area (Å²) in [6.45, 7) is 2.64. The normalized spacial score (nSPS) is 24.1. The van der Waals surface area contributed by atoms with Gasteiger partial charge in [-0.15, -0.1) is 0 Å². The molecule has 4 heteroatoms. The molecule has 1 aliphatic carbocycles. The fourth-order valence-corrected chi connectivity index (χ4v) is 3.43. The van der Waals surface area contributed by atoms with E-state index in [0.717, 1.165) is 29.3 Å². The Hall–Kier alpha value is -0.870. The van der Waals surface area contributed by atoms with Gasteiger partial charge in [0, 0.05) is 10.4 Å². The van der Waals surface area contributed by atoms with Crippen molar-refractivity contribution >= 4 is 21.8 Å². The van der Waals surface area contributed by atoms with E-state index >= 15 is 0 Å². The fraction of sp³-hybridized carbons (Fsp3) is 0.562. The van der Waals surface area contributed by atoms with Gasteiger partial charge in [0.15, 0.2) is 0 Å². The first kappa shape index (κ1) is 15.5. The van der Waals surface area contributed by atoms with Crippen LogP contribution in [-0.2, 0) is 4.79 Å². The van der Waals surface area contributed by atoms with Crippen molar-refractivity contribution in [2.45, 2.75) is 38.6 Å². The Labute approximate surface area is 129 Å². The zero-order chi connectivity index (χ0) is 14.5. The first-order valence-corrected chi connectivity index (χ1v) is 8.17. The van der Waals surface area contributed by atoms with E-state index in [9.17, 15) is 4.79 Å². The van der Waals surface area contributed by atoms with Crippen LogP contribution >= 0.6 is 15.9 Å². The Balaban J connectivity index is 1.99. The Morgan fingerprint density at radius 3 is 2.90 bits per heavy atom. The Kier molecular flexibility index (Phi) is 5.61. The van der Waals surface area contributed by atoms with Gasteiger partial charge in [0.1, 0.15) is 0 Å². The molecule has 0 aromatic heterocycles. The summed E-state index contributed by atoms with van der Waals surface area (Å²) in [5.74, 6) is 0.592. The highest BCUT2D eigenvalue weighted by molar-refractivity contribution is 9.10. The lowest BCUT2D eigenvalue weighted by Gasteiger charge is -2.30. The lowest BCUT2D eigenvalue weighted by atomic mass is 9.78. The van der Waals surface area contributed by atoms with Gasteiger partial charge in [-0.1, -0.05) is 40.9 Å². The van der Waals surface area contributed by atoms with Gasteiger partial charge in [-0.3, -0.25) is 4.79 Å². The topological polar surface area (TPSA) is 55.1 Å². The van der Waals surface area contributed by atoms with E-state index in [-0.39, 0.29) is 17.9 Å². The van der Waals surface area contributed by atoms with E-state index in [2.05, 4.69) is 21.2 Å². The van der Waals surface area contributed by atoms with Crippen molar-refractivity contribution in [2.24, 2.45) is 17.6 Å². The molecule has 110 valence electrons. The van der Waals surface area contributed by atoms with E-state index in [1.807, 2.05) is 31.2 Å². The molecule has 2 rings (SSSR count). The van der Waals surface area contributed by atoms with Crippen LogP contribution < -0.4 is 11.1 Å². The molecule has 1 fully saturated rings. The van der Waals surface area contributed by atoms with E-state index < -0.39 is 0 Å². The quantitative estimate of drug-likeness (QED) is 0.883. The van der Waals surface area contributed by atoms with Gasteiger partial charge in [-0.05, 0) is 49.9 Å². The van der Waals surface area contributed by atoms with Gasteiger partial charge in [0.2, 0.25) is 5.91 Å². The summed E-state index contributed by atoms with van der Waals surface area (Å²) in [6, 6.07) is 8.10. The molecule has 1 aromatic rings. The first-order valence-electron chi connectivity index (χ1n) is 7.37. The van der Waals surface area contributed by atoms with Crippen molar-refractivity contribution in [2.75, 3.05) is 6.54 Å². The van der Waals surface area contributed by atoms with Crippen LogP contribution in [0.15, 0.2) is 28.7 Å². The van der Waals surface area contributed by atoms with Gasteiger partial charge in [0.25, 0.3) is 0 Å². The maximum absolute atomic E-state index is 12.5. The third-order valence-electron chi connectivity index (χ3n) is 4.26. The molecule has 3 nitrogen and oxygen atoms in total. The smallest absolute Gasteiger partial charge is 0.223 e. The lowest BCUT2D eigenvalue weighted by molar-refractivity contribution is -0.128. The number of carbonyl (C=O) groups is 1. The van der Waals surface area contributed by atoms with Crippen LogP contribution in [0.1, 0.15) is 44.2 Å². The highest BCUT2D eigenvalue weighted by Gasteiger charge is 2.30. The highest BCUT2D eigenvalue weighted by Crippen LogP contribution is 2.30. The minimum absolute atomic E-state index is 0.0281. The van der Waals surface area contributed by atoms with Crippen molar-refractivity contribution in [3.8, 4) is 0 Å². The molecule has 1 aliphatic rings. The largest absolute Gasteiger partial charge is 0.349 e. The molecule has 1 amide bonds. The Morgan fingerprint density at radius 1 is 1.45 bits per heavy atom. The fourth-order valence-electron chi connectivity index (χ4n) is 3.01. The predicted molar refractivity (Wildman–Crippen MR) is 85.2 cm³/mol. The summed E-state index contributed by atoms with van der Waals surface area (Å²) in [4.78, 5) is 12.5. The standard InChI is InChI=1S/C16H23BrN2O/c1-11(12-6-4-7-14(17)9-12)19-16(20)15-8-3-2-5-13(15)10-18/h4,6-7,9,11,13,15H,2-3,5,8,10,18H2,1H3,(H,19,20)/t11-,13?,15?/m0/s1. The zero-order valence-electron chi connectivity index (χ0n) is 11.9. The molecule has 0 spiro atoms. The molecule has 3 N–H and O–H groups in total. The summed E-state index contributed by atoms with van der Waals surface area (Å²) >= 11 is 3.46. The van der Waals surface area contributed by atoms with Gasteiger partial charge >= 0.3 is 0 Å². The number of amides is 1. The van der Waals surface area contributed by atoms with Crippen LogP contribution in [0.4, 0.5) is 0 Å². The van der Waals surface area contributed by atoms with Gasteiger partial charge in [-0.2, -0.15) is 0 Å². The molecule has 20 heavy (non-hydrogen) atoms. The second-order valence-corrected chi connectivity index (χ2v) is 6.59. The van der Waals surface area contributed by atoms with E-state index in [0.29, 0.717) is 12.5 Å². The third kappa shape index (κ3) is 3.83. The number of halogens is 1. The van der Waals surface area contributed by atoms with Crippen molar-refractivity contribution in [1.82, 2.24) is 5.32 Å². The molecular formula is C16H23BrN2O. The molecule has 1 saturated carbocycles. The predicted octanol–water partition coefficient (Wildman–Crippen LogP) is 3.39. The highest BCUT2D eigenvalue weighted by atomic mass is 79.9. The van der Waals surface area contributed by atoms with Crippen LogP contribution in [0.3, 0.4) is 0 Å². The second-order valence-electron chi connectivity index (χ2n) is 5.67. The minimum Gasteiger partial charge on any atom is -0.349 e. The molecular weight excluding hydrogens is 316 g/mol. The van der Waals surface area contributed by atoms with Gasteiger partial charge in [0.05, 0.1) is 6.04 Å². The summed E-state index contributed by atoms with van der Waals surface area (Å²) in [5.41, 5.74) is 6.93. The average Bonchev–Trinajstić information content (AvgIpc) is 2.47. The number of nitrogens with one attached hydrogen (secondary N) is 1. The number of hydrogen-bond acceptors (Lipinski definition) is 2. The number of hydrogen-bond donors (Lipinski definition) is 2. The molecule has 0 heterocycles. The maximum Gasteiger partial charge on any atom is 0.223 e. The third-order valence-corrected chi connectivity index (χ3v) is 4.75. The summed E-state index contributed by atoms with van der Waals surface area (Å²) < 4.78 is 1.04. The number of rotatable bonds is 4.